The predicted octanol–water partition coefficient (Wildman–Crippen LogP) is 3.39. The Labute approximate surface area is 169 Å². The number of nitrogens with one attached hydrogen (secondary N) is 1. The van der Waals surface area contributed by atoms with E-state index in [1.54, 1.807) is 36.4 Å². The van der Waals surface area contributed by atoms with Gasteiger partial charge in [0.25, 0.3) is 10.0 Å². The van der Waals surface area contributed by atoms with E-state index < -0.39 is 21.3 Å². The zero-order valence-electron chi connectivity index (χ0n) is 16.1. The van der Waals surface area contributed by atoms with Crippen molar-refractivity contribution in [1.82, 2.24) is 4.72 Å². The molecule has 0 radical (unpaired) electrons. The smallest absolute Gasteiger partial charge is 0.264 e. The molecule has 1 aliphatic heterocycles. The lowest BCUT2D eigenvalue weighted by molar-refractivity contribution is -0.125. The van der Waals surface area contributed by atoms with E-state index in [2.05, 4.69) is 4.72 Å². The molecule has 3 aromatic rings. The zero-order chi connectivity index (χ0) is 20.6. The van der Waals surface area contributed by atoms with Gasteiger partial charge in [-0.1, -0.05) is 55.5 Å². The van der Waals surface area contributed by atoms with Crippen LogP contribution >= 0.6 is 0 Å². The van der Waals surface area contributed by atoms with Gasteiger partial charge in [0.1, 0.15) is 12.0 Å². The maximum absolute atomic E-state index is 13.3. The van der Waals surface area contributed by atoms with Gasteiger partial charge in [-0.2, -0.15) is 0 Å². The molecule has 7 heteroatoms. The van der Waals surface area contributed by atoms with Crippen molar-refractivity contribution in [3.8, 4) is 11.5 Å². The van der Waals surface area contributed by atoms with Gasteiger partial charge in [0.2, 0.25) is 5.91 Å². The van der Waals surface area contributed by atoms with Crippen molar-refractivity contribution >= 4 is 26.7 Å². The monoisotopic (exact) mass is 411 g/mol. The van der Waals surface area contributed by atoms with Gasteiger partial charge in [-0.25, -0.2) is 13.1 Å². The average Bonchev–Trinajstić information content (AvgIpc) is 3.13. The SMILES string of the molecule is CCC1(C(=O)NS(=O)(=O)c2cccc3ccccc23)COc2c(OC)cccc21. The Morgan fingerprint density at radius 1 is 1.10 bits per heavy atom. The lowest BCUT2D eigenvalue weighted by Gasteiger charge is -2.25. The van der Waals surface area contributed by atoms with Crippen LogP contribution in [0.4, 0.5) is 0 Å². The van der Waals surface area contributed by atoms with Crippen LogP contribution in [0.2, 0.25) is 0 Å². The number of fused-ring (bicyclic) bond motifs is 2. The first kappa shape index (κ1) is 19.3. The first-order valence-electron chi connectivity index (χ1n) is 9.28. The minimum absolute atomic E-state index is 0.0517. The Kier molecular flexibility index (Phi) is 4.70. The summed E-state index contributed by atoms with van der Waals surface area (Å²) in [6.07, 6.45) is 0.379. The molecule has 150 valence electrons. The number of amides is 1. The van der Waals surface area contributed by atoms with Gasteiger partial charge in [0, 0.05) is 10.9 Å². The fraction of sp³-hybridized carbons (Fsp3) is 0.227. The molecule has 0 aromatic heterocycles. The minimum atomic E-state index is -4.08. The van der Waals surface area contributed by atoms with Crippen LogP contribution in [0.5, 0.6) is 11.5 Å². The molecule has 1 N–H and O–H groups in total. The molecule has 4 rings (SSSR count). The molecule has 0 saturated heterocycles. The van der Waals surface area contributed by atoms with E-state index in [1.807, 2.05) is 25.1 Å². The van der Waals surface area contributed by atoms with Crippen LogP contribution in [0.1, 0.15) is 18.9 Å². The van der Waals surface area contributed by atoms with Gasteiger partial charge in [-0.3, -0.25) is 4.79 Å². The number of carbonyl (C=O) groups excluding carboxylic acids is 1. The third kappa shape index (κ3) is 3.02. The Morgan fingerprint density at radius 2 is 1.83 bits per heavy atom. The number of hydrogen-bond donors (Lipinski definition) is 1. The molecular formula is C22H21NO5S. The standard InChI is InChI=1S/C22H21NO5S/c1-3-22(14-28-20-17(22)11-7-12-18(20)27-2)21(24)23-29(25,26)19-13-6-9-15-8-4-5-10-16(15)19/h4-13H,3,14H2,1-2H3,(H,23,24). The first-order chi connectivity index (χ1) is 13.9. The summed E-state index contributed by atoms with van der Waals surface area (Å²) in [6.45, 7) is 1.89. The number of carbonyl (C=O) groups is 1. The molecule has 3 aromatic carbocycles. The number of hydrogen-bond acceptors (Lipinski definition) is 5. The molecular weight excluding hydrogens is 390 g/mol. The van der Waals surface area contributed by atoms with E-state index in [1.165, 1.54) is 13.2 Å². The van der Waals surface area contributed by atoms with Crippen molar-refractivity contribution in [2.45, 2.75) is 23.7 Å². The summed E-state index contributed by atoms with van der Waals surface area (Å²) >= 11 is 0. The number of para-hydroxylation sites is 1. The Hall–Kier alpha value is -3.06. The summed E-state index contributed by atoms with van der Waals surface area (Å²) in [7, 11) is -2.55. The van der Waals surface area contributed by atoms with Crippen molar-refractivity contribution in [3.63, 3.8) is 0 Å². The highest BCUT2D eigenvalue weighted by molar-refractivity contribution is 7.90. The van der Waals surface area contributed by atoms with Crippen molar-refractivity contribution < 1.29 is 22.7 Å². The molecule has 1 amide bonds. The molecule has 0 fully saturated rings. The first-order valence-corrected chi connectivity index (χ1v) is 10.8. The summed E-state index contributed by atoms with van der Waals surface area (Å²) in [5.41, 5.74) is -0.480. The van der Waals surface area contributed by atoms with Crippen LogP contribution in [-0.2, 0) is 20.2 Å². The lowest BCUT2D eigenvalue weighted by Crippen LogP contribution is -2.47. The number of ether oxygens (including phenoxy) is 2. The Morgan fingerprint density at radius 3 is 2.59 bits per heavy atom. The van der Waals surface area contributed by atoms with Crippen LogP contribution in [0, 0.1) is 0 Å². The minimum Gasteiger partial charge on any atom is -0.493 e. The van der Waals surface area contributed by atoms with Gasteiger partial charge < -0.3 is 9.47 Å². The third-order valence-electron chi connectivity index (χ3n) is 5.48. The fourth-order valence-electron chi connectivity index (χ4n) is 3.82. The number of methoxy groups -OCH3 is 1. The second-order valence-corrected chi connectivity index (χ2v) is 8.62. The molecule has 1 unspecified atom stereocenters. The largest absolute Gasteiger partial charge is 0.493 e. The van der Waals surface area contributed by atoms with E-state index in [9.17, 15) is 13.2 Å². The van der Waals surface area contributed by atoms with E-state index in [0.29, 0.717) is 28.9 Å². The van der Waals surface area contributed by atoms with Gasteiger partial charge in [-0.15, -0.1) is 0 Å². The zero-order valence-corrected chi connectivity index (χ0v) is 17.0. The summed E-state index contributed by atoms with van der Waals surface area (Å²) in [4.78, 5) is 13.3. The molecule has 0 aliphatic carbocycles. The second-order valence-electron chi connectivity index (χ2n) is 6.97. The van der Waals surface area contributed by atoms with Crippen molar-refractivity contribution in [1.29, 1.82) is 0 Å². The lowest BCUT2D eigenvalue weighted by atomic mass is 9.79. The van der Waals surface area contributed by atoms with Crippen LogP contribution in [0.3, 0.4) is 0 Å². The molecule has 1 heterocycles. The van der Waals surface area contributed by atoms with Crippen LogP contribution < -0.4 is 14.2 Å². The molecule has 1 atom stereocenters. The fourth-order valence-corrected chi connectivity index (χ4v) is 5.10. The van der Waals surface area contributed by atoms with E-state index in [0.717, 1.165) is 5.39 Å². The predicted molar refractivity (Wildman–Crippen MR) is 110 cm³/mol. The van der Waals surface area contributed by atoms with Crippen LogP contribution in [-0.4, -0.2) is 28.0 Å². The number of rotatable bonds is 5. The second kappa shape index (κ2) is 7.08. The maximum Gasteiger partial charge on any atom is 0.264 e. The summed E-state index contributed by atoms with van der Waals surface area (Å²) in [5.74, 6) is 0.386. The molecule has 1 aliphatic rings. The normalized spacial score (nSPS) is 18.1. The van der Waals surface area contributed by atoms with E-state index >= 15 is 0 Å². The Balaban J connectivity index is 1.74. The van der Waals surface area contributed by atoms with Crippen molar-refractivity contribution in [3.05, 3.63) is 66.2 Å². The molecule has 29 heavy (non-hydrogen) atoms. The van der Waals surface area contributed by atoms with Crippen molar-refractivity contribution in [2.75, 3.05) is 13.7 Å². The molecule has 0 spiro atoms. The summed E-state index contributed by atoms with van der Waals surface area (Å²) < 4.78 is 39.6. The van der Waals surface area contributed by atoms with Crippen molar-refractivity contribution in [2.24, 2.45) is 0 Å². The summed E-state index contributed by atoms with van der Waals surface area (Å²) in [5, 5.41) is 1.35. The number of benzene rings is 3. The highest BCUT2D eigenvalue weighted by Crippen LogP contribution is 2.46. The third-order valence-corrected chi connectivity index (χ3v) is 6.87. The number of sulfonamides is 1. The van der Waals surface area contributed by atoms with E-state index in [-0.39, 0.29) is 11.5 Å². The van der Waals surface area contributed by atoms with Gasteiger partial charge in [0.05, 0.1) is 12.0 Å². The molecule has 0 saturated carbocycles. The summed E-state index contributed by atoms with van der Waals surface area (Å²) in [6, 6.07) is 17.4. The quantitative estimate of drug-likeness (QED) is 0.696. The highest BCUT2D eigenvalue weighted by Gasteiger charge is 2.48. The topological polar surface area (TPSA) is 81.7 Å². The van der Waals surface area contributed by atoms with Gasteiger partial charge in [0.15, 0.2) is 11.5 Å². The average molecular weight is 411 g/mol. The molecule has 6 nitrogen and oxygen atoms in total. The molecule has 0 bridgehead atoms. The van der Waals surface area contributed by atoms with Gasteiger partial charge in [-0.05, 0) is 23.9 Å². The highest BCUT2D eigenvalue weighted by atomic mass is 32.2. The van der Waals surface area contributed by atoms with Crippen LogP contribution in [0.15, 0.2) is 65.6 Å². The van der Waals surface area contributed by atoms with Crippen LogP contribution in [0.25, 0.3) is 10.8 Å². The Bertz CT molecular complexity index is 1200. The van der Waals surface area contributed by atoms with E-state index in [4.69, 9.17) is 9.47 Å². The maximum atomic E-state index is 13.3. The van der Waals surface area contributed by atoms with Gasteiger partial charge >= 0.3 is 0 Å².